The number of halogens is 2. The molecule has 1 aromatic carbocycles. The van der Waals surface area contributed by atoms with Gasteiger partial charge in [0, 0.05) is 17.2 Å². The summed E-state index contributed by atoms with van der Waals surface area (Å²) in [5.41, 5.74) is 4.06. The molecular weight excluding hydrogens is 325 g/mol. The quantitative estimate of drug-likeness (QED) is 0.784. The molecule has 0 fully saturated rings. The van der Waals surface area contributed by atoms with Crippen molar-refractivity contribution in [1.82, 2.24) is 10.2 Å². The molecule has 5 nitrogen and oxygen atoms in total. The first kappa shape index (κ1) is 13.7. The zero-order valence-electron chi connectivity index (χ0n) is 11.5. The molecule has 0 saturated heterocycles. The van der Waals surface area contributed by atoms with Gasteiger partial charge in [0.2, 0.25) is 0 Å². The number of hydrogen-bond acceptors (Lipinski definition) is 4. The van der Waals surface area contributed by atoms with Crippen LogP contribution in [-0.4, -0.2) is 22.8 Å². The molecule has 0 saturated carbocycles. The van der Waals surface area contributed by atoms with E-state index < -0.39 is 0 Å². The first-order valence-corrected chi connectivity index (χ1v) is 7.49. The summed E-state index contributed by atoms with van der Waals surface area (Å²) in [5.74, 6) is 0.130. The van der Waals surface area contributed by atoms with Gasteiger partial charge in [-0.1, -0.05) is 29.3 Å². The molecular formula is C15H11Cl2N3O2. The van der Waals surface area contributed by atoms with Crippen molar-refractivity contribution in [3.05, 3.63) is 56.3 Å². The number of rotatable bonds is 1. The summed E-state index contributed by atoms with van der Waals surface area (Å²) in [6.07, 6.45) is 0. The molecule has 2 aliphatic rings. The minimum absolute atomic E-state index is 0.233. The minimum Gasteiger partial charge on any atom is -0.456 e. The number of aromatic nitrogens is 2. The number of esters is 1. The number of nitrogens with zero attached hydrogens (tertiary/aromatic N) is 1. The molecule has 2 aliphatic heterocycles. The van der Waals surface area contributed by atoms with Crippen LogP contribution in [0.5, 0.6) is 0 Å². The van der Waals surface area contributed by atoms with Gasteiger partial charge in [-0.15, -0.1) is 0 Å². The SMILES string of the molecule is Cc1[nH]nc2c1[C@H](c1ccc(Cl)c(Cl)c1)C1=C(COC1=O)N2. The molecule has 1 aromatic heterocycles. The highest BCUT2D eigenvalue weighted by atomic mass is 35.5. The second-order valence-corrected chi connectivity index (χ2v) is 6.13. The van der Waals surface area contributed by atoms with Crippen molar-refractivity contribution in [3.63, 3.8) is 0 Å². The number of aromatic amines is 1. The number of hydrogen-bond donors (Lipinski definition) is 2. The standard InChI is InChI=1S/C15H11Cl2N3O2/c1-6-11-12(7-2-3-8(16)9(17)4-7)13-10(5-22-15(13)21)18-14(11)20-19-6/h2-4,12H,5H2,1H3,(H2,18,19,20)/t12-/m0/s1. The molecule has 0 radical (unpaired) electrons. The van der Waals surface area contributed by atoms with Crippen LogP contribution in [0.2, 0.25) is 10.0 Å². The molecule has 1 atom stereocenters. The number of carbonyl (C=O) groups is 1. The van der Waals surface area contributed by atoms with Crippen molar-refractivity contribution in [2.75, 3.05) is 11.9 Å². The van der Waals surface area contributed by atoms with Crippen LogP contribution < -0.4 is 5.32 Å². The zero-order chi connectivity index (χ0) is 15.4. The first-order chi connectivity index (χ1) is 10.6. The zero-order valence-corrected chi connectivity index (χ0v) is 13.0. The molecule has 0 amide bonds. The molecule has 0 aliphatic carbocycles. The number of carbonyl (C=O) groups excluding carboxylic acids is 1. The number of fused-ring (bicyclic) bond motifs is 1. The lowest BCUT2D eigenvalue weighted by molar-refractivity contribution is -0.136. The van der Waals surface area contributed by atoms with Crippen molar-refractivity contribution >= 4 is 35.0 Å². The lowest BCUT2D eigenvalue weighted by Crippen LogP contribution is -2.19. The largest absolute Gasteiger partial charge is 0.456 e. The van der Waals surface area contributed by atoms with Crippen LogP contribution in [0.1, 0.15) is 22.7 Å². The van der Waals surface area contributed by atoms with E-state index in [4.69, 9.17) is 27.9 Å². The Bertz CT molecular complexity index is 841. The van der Waals surface area contributed by atoms with Gasteiger partial charge in [0.25, 0.3) is 0 Å². The van der Waals surface area contributed by atoms with E-state index in [1.807, 2.05) is 13.0 Å². The van der Waals surface area contributed by atoms with Crippen LogP contribution >= 0.6 is 23.2 Å². The number of benzene rings is 1. The molecule has 7 heteroatoms. The van der Waals surface area contributed by atoms with E-state index in [-0.39, 0.29) is 18.5 Å². The Morgan fingerprint density at radius 2 is 2.14 bits per heavy atom. The molecule has 0 bridgehead atoms. The van der Waals surface area contributed by atoms with E-state index in [2.05, 4.69) is 15.5 Å². The molecule has 112 valence electrons. The van der Waals surface area contributed by atoms with Gasteiger partial charge in [-0.2, -0.15) is 5.10 Å². The lowest BCUT2D eigenvalue weighted by Gasteiger charge is -2.24. The Kier molecular flexibility index (Phi) is 2.96. The van der Waals surface area contributed by atoms with E-state index >= 15 is 0 Å². The van der Waals surface area contributed by atoms with Crippen LogP contribution in [0.4, 0.5) is 5.82 Å². The van der Waals surface area contributed by atoms with Gasteiger partial charge in [0.15, 0.2) is 5.82 Å². The fourth-order valence-electron chi connectivity index (χ4n) is 3.01. The predicted octanol–water partition coefficient (Wildman–Crippen LogP) is 3.39. The number of ether oxygens (including phenoxy) is 1. The number of aryl methyl sites for hydroxylation is 1. The number of H-pyrrole nitrogens is 1. The van der Waals surface area contributed by atoms with Crippen LogP contribution in [0.3, 0.4) is 0 Å². The maximum Gasteiger partial charge on any atom is 0.337 e. The highest BCUT2D eigenvalue weighted by molar-refractivity contribution is 6.42. The Morgan fingerprint density at radius 1 is 1.32 bits per heavy atom. The van der Waals surface area contributed by atoms with Crippen molar-refractivity contribution in [2.24, 2.45) is 0 Å². The molecule has 0 unspecified atom stereocenters. The maximum absolute atomic E-state index is 12.2. The summed E-state index contributed by atoms with van der Waals surface area (Å²) in [5, 5.41) is 11.3. The van der Waals surface area contributed by atoms with Gasteiger partial charge in [-0.25, -0.2) is 4.79 Å². The van der Waals surface area contributed by atoms with Gasteiger partial charge in [0.05, 0.1) is 21.3 Å². The smallest absolute Gasteiger partial charge is 0.337 e. The van der Waals surface area contributed by atoms with Crippen molar-refractivity contribution in [1.29, 1.82) is 0 Å². The molecule has 2 aromatic rings. The number of anilines is 1. The Hall–Kier alpha value is -1.98. The van der Waals surface area contributed by atoms with Crippen LogP contribution in [0.15, 0.2) is 29.5 Å². The van der Waals surface area contributed by atoms with Gasteiger partial charge in [0.1, 0.15) is 6.61 Å². The summed E-state index contributed by atoms with van der Waals surface area (Å²) in [6, 6.07) is 5.39. The maximum atomic E-state index is 12.2. The summed E-state index contributed by atoms with van der Waals surface area (Å²) >= 11 is 12.2. The van der Waals surface area contributed by atoms with Crippen LogP contribution in [0.25, 0.3) is 0 Å². The Morgan fingerprint density at radius 3 is 2.91 bits per heavy atom. The van der Waals surface area contributed by atoms with Gasteiger partial charge < -0.3 is 10.1 Å². The number of cyclic esters (lactones) is 1. The fraction of sp³-hybridized carbons (Fsp3) is 0.200. The second kappa shape index (κ2) is 4.76. The lowest BCUT2D eigenvalue weighted by atomic mass is 9.82. The predicted molar refractivity (Wildman–Crippen MR) is 83.2 cm³/mol. The highest BCUT2D eigenvalue weighted by Crippen LogP contribution is 2.45. The summed E-state index contributed by atoms with van der Waals surface area (Å²) in [7, 11) is 0. The van der Waals surface area contributed by atoms with Gasteiger partial charge in [-0.3, -0.25) is 5.10 Å². The summed E-state index contributed by atoms with van der Waals surface area (Å²) < 4.78 is 5.17. The van der Waals surface area contributed by atoms with E-state index in [1.54, 1.807) is 12.1 Å². The third kappa shape index (κ3) is 1.86. The highest BCUT2D eigenvalue weighted by Gasteiger charge is 2.40. The molecule has 3 heterocycles. The monoisotopic (exact) mass is 335 g/mol. The van der Waals surface area contributed by atoms with Crippen LogP contribution in [0, 0.1) is 6.92 Å². The van der Waals surface area contributed by atoms with Crippen molar-refractivity contribution in [3.8, 4) is 0 Å². The normalized spacial score (nSPS) is 19.6. The third-order valence-electron chi connectivity index (χ3n) is 4.01. The van der Waals surface area contributed by atoms with E-state index in [0.29, 0.717) is 21.4 Å². The molecule has 22 heavy (non-hydrogen) atoms. The minimum atomic E-state index is -0.315. The molecule has 4 rings (SSSR count). The topological polar surface area (TPSA) is 67.0 Å². The second-order valence-electron chi connectivity index (χ2n) is 5.31. The van der Waals surface area contributed by atoms with Crippen LogP contribution in [-0.2, 0) is 9.53 Å². The van der Waals surface area contributed by atoms with Gasteiger partial charge >= 0.3 is 5.97 Å². The number of nitrogens with one attached hydrogen (secondary N) is 2. The summed E-state index contributed by atoms with van der Waals surface area (Å²) in [4.78, 5) is 12.2. The van der Waals surface area contributed by atoms with Gasteiger partial charge in [-0.05, 0) is 24.6 Å². The molecule has 2 N–H and O–H groups in total. The van der Waals surface area contributed by atoms with E-state index in [0.717, 1.165) is 22.5 Å². The Balaban J connectivity index is 1.95. The average Bonchev–Trinajstić information content (AvgIpc) is 3.05. The Labute approximate surface area is 136 Å². The van der Waals surface area contributed by atoms with E-state index in [9.17, 15) is 4.79 Å². The molecule has 0 spiro atoms. The van der Waals surface area contributed by atoms with E-state index in [1.165, 1.54) is 0 Å². The fourth-order valence-corrected chi connectivity index (χ4v) is 3.32. The first-order valence-electron chi connectivity index (χ1n) is 6.73. The summed E-state index contributed by atoms with van der Waals surface area (Å²) in [6.45, 7) is 2.15. The average molecular weight is 336 g/mol. The third-order valence-corrected chi connectivity index (χ3v) is 4.75. The van der Waals surface area contributed by atoms with Crippen molar-refractivity contribution in [2.45, 2.75) is 12.8 Å². The van der Waals surface area contributed by atoms with Crippen molar-refractivity contribution < 1.29 is 9.53 Å².